The molecule has 0 fully saturated rings. The van der Waals surface area contributed by atoms with E-state index in [-0.39, 0.29) is 5.84 Å². The first-order valence-corrected chi connectivity index (χ1v) is 6.90. The average Bonchev–Trinajstić information content (AvgIpc) is 2.16. The third kappa shape index (κ3) is 3.25. The molecule has 1 aromatic rings. The first-order chi connectivity index (χ1) is 7.43. The fourth-order valence-corrected chi connectivity index (χ4v) is 3.08. The molecule has 16 heavy (non-hydrogen) atoms. The maximum Gasteiger partial charge on any atom is 0.125 e. The van der Waals surface area contributed by atoms with E-state index in [1.54, 1.807) is 11.8 Å². The van der Waals surface area contributed by atoms with E-state index >= 15 is 0 Å². The van der Waals surface area contributed by atoms with Crippen LogP contribution in [0.25, 0.3) is 0 Å². The highest BCUT2D eigenvalue weighted by molar-refractivity contribution is 9.10. The Bertz CT molecular complexity index is 391. The first kappa shape index (κ1) is 13.6. The molecule has 4 heteroatoms. The van der Waals surface area contributed by atoms with E-state index in [0.717, 1.165) is 14.9 Å². The van der Waals surface area contributed by atoms with Gasteiger partial charge < -0.3 is 5.73 Å². The number of thioether (sulfide) groups is 1. The van der Waals surface area contributed by atoms with Gasteiger partial charge in [0, 0.05) is 20.2 Å². The van der Waals surface area contributed by atoms with Crippen molar-refractivity contribution in [2.75, 3.05) is 0 Å². The minimum atomic E-state index is 0.117. The third-order valence-corrected chi connectivity index (χ3v) is 4.67. The van der Waals surface area contributed by atoms with Crippen molar-refractivity contribution >= 4 is 33.5 Å². The van der Waals surface area contributed by atoms with Crippen LogP contribution in [0.2, 0.25) is 0 Å². The molecule has 0 bridgehead atoms. The molecule has 0 aromatic heterocycles. The fraction of sp³-hybridized carbons (Fsp3) is 0.417. The molecule has 0 heterocycles. The standard InChI is InChI=1S/C12H17BrN2S/c1-7(2)8(3)16-10-6-4-5-9(13)11(10)12(14)15/h4-8H,1-3H3,(H3,14,15). The number of hydrogen-bond donors (Lipinski definition) is 2. The lowest BCUT2D eigenvalue weighted by molar-refractivity contribution is 0.642. The van der Waals surface area contributed by atoms with E-state index in [1.165, 1.54) is 0 Å². The molecule has 3 N–H and O–H groups in total. The van der Waals surface area contributed by atoms with Gasteiger partial charge >= 0.3 is 0 Å². The van der Waals surface area contributed by atoms with Crippen molar-refractivity contribution in [3.05, 3.63) is 28.2 Å². The van der Waals surface area contributed by atoms with Crippen molar-refractivity contribution in [3.8, 4) is 0 Å². The second-order valence-electron chi connectivity index (χ2n) is 4.09. The van der Waals surface area contributed by atoms with Crippen LogP contribution in [0, 0.1) is 11.3 Å². The fourth-order valence-electron chi connectivity index (χ4n) is 1.20. The van der Waals surface area contributed by atoms with Crippen molar-refractivity contribution in [1.29, 1.82) is 5.41 Å². The first-order valence-electron chi connectivity index (χ1n) is 5.23. The zero-order valence-electron chi connectivity index (χ0n) is 9.75. The smallest absolute Gasteiger partial charge is 0.125 e. The Balaban J connectivity index is 3.04. The van der Waals surface area contributed by atoms with E-state index in [0.29, 0.717) is 11.2 Å². The van der Waals surface area contributed by atoms with Gasteiger partial charge in [0.15, 0.2) is 0 Å². The molecular weight excluding hydrogens is 284 g/mol. The second kappa shape index (κ2) is 5.73. The van der Waals surface area contributed by atoms with Crippen LogP contribution in [-0.2, 0) is 0 Å². The molecule has 0 aliphatic rings. The van der Waals surface area contributed by atoms with Gasteiger partial charge in [-0.1, -0.05) is 26.8 Å². The molecule has 1 atom stereocenters. The quantitative estimate of drug-likeness (QED) is 0.504. The minimum absolute atomic E-state index is 0.117. The summed E-state index contributed by atoms with van der Waals surface area (Å²) in [5, 5.41) is 8.11. The average molecular weight is 301 g/mol. The second-order valence-corrected chi connectivity index (χ2v) is 6.37. The van der Waals surface area contributed by atoms with E-state index in [2.05, 4.69) is 36.7 Å². The van der Waals surface area contributed by atoms with Gasteiger partial charge in [-0.05, 0) is 34.0 Å². The van der Waals surface area contributed by atoms with Crippen molar-refractivity contribution in [2.24, 2.45) is 11.7 Å². The number of nitrogens with two attached hydrogens (primary N) is 1. The number of hydrogen-bond acceptors (Lipinski definition) is 2. The van der Waals surface area contributed by atoms with Crippen LogP contribution in [-0.4, -0.2) is 11.1 Å². The van der Waals surface area contributed by atoms with Crippen molar-refractivity contribution in [3.63, 3.8) is 0 Å². The van der Waals surface area contributed by atoms with Crippen LogP contribution in [0.5, 0.6) is 0 Å². The van der Waals surface area contributed by atoms with Crippen LogP contribution in [0.15, 0.2) is 27.6 Å². The van der Waals surface area contributed by atoms with Crippen molar-refractivity contribution < 1.29 is 0 Å². The van der Waals surface area contributed by atoms with Crippen LogP contribution < -0.4 is 5.73 Å². The van der Waals surface area contributed by atoms with Gasteiger partial charge in [0.25, 0.3) is 0 Å². The number of benzene rings is 1. The molecule has 0 aliphatic carbocycles. The summed E-state index contributed by atoms with van der Waals surface area (Å²) >= 11 is 5.21. The molecule has 1 aromatic carbocycles. The molecule has 2 nitrogen and oxygen atoms in total. The Morgan fingerprint density at radius 2 is 2.00 bits per heavy atom. The van der Waals surface area contributed by atoms with Gasteiger partial charge in [-0.2, -0.15) is 0 Å². The summed E-state index contributed by atoms with van der Waals surface area (Å²) in [6, 6.07) is 5.91. The molecule has 0 radical (unpaired) electrons. The van der Waals surface area contributed by atoms with E-state index < -0.39 is 0 Å². The number of nitrogens with one attached hydrogen (secondary N) is 1. The van der Waals surface area contributed by atoms with Crippen molar-refractivity contribution in [1.82, 2.24) is 0 Å². The summed E-state index contributed by atoms with van der Waals surface area (Å²) in [5.41, 5.74) is 6.41. The summed E-state index contributed by atoms with van der Waals surface area (Å²) in [5.74, 6) is 0.717. The monoisotopic (exact) mass is 300 g/mol. The predicted octanol–water partition coefficient (Wildman–Crippen LogP) is 3.87. The van der Waals surface area contributed by atoms with E-state index in [1.807, 2.05) is 18.2 Å². The van der Waals surface area contributed by atoms with Crippen LogP contribution in [0.3, 0.4) is 0 Å². The molecule has 0 amide bonds. The van der Waals surface area contributed by atoms with Crippen LogP contribution >= 0.6 is 27.7 Å². The molecule has 1 rings (SSSR count). The van der Waals surface area contributed by atoms with E-state index in [4.69, 9.17) is 11.1 Å². The number of rotatable bonds is 4. The highest BCUT2D eigenvalue weighted by Gasteiger charge is 2.14. The lowest BCUT2D eigenvalue weighted by Gasteiger charge is -2.17. The third-order valence-electron chi connectivity index (χ3n) is 2.50. The molecule has 0 saturated heterocycles. The molecule has 1 unspecified atom stereocenters. The number of nitrogen functional groups attached to an aromatic ring is 1. The predicted molar refractivity (Wildman–Crippen MR) is 75.3 cm³/mol. The van der Waals surface area contributed by atoms with Gasteiger partial charge in [-0.15, -0.1) is 11.8 Å². The summed E-state index contributed by atoms with van der Waals surface area (Å²) < 4.78 is 0.890. The van der Waals surface area contributed by atoms with Gasteiger partial charge in [0.1, 0.15) is 5.84 Å². The highest BCUT2D eigenvalue weighted by Crippen LogP contribution is 2.33. The lowest BCUT2D eigenvalue weighted by Crippen LogP contribution is -2.14. The number of amidine groups is 1. The van der Waals surface area contributed by atoms with Gasteiger partial charge in [-0.25, -0.2) is 0 Å². The summed E-state index contributed by atoms with van der Waals surface area (Å²) in [4.78, 5) is 1.07. The Morgan fingerprint density at radius 3 is 2.50 bits per heavy atom. The Labute approximate surface area is 110 Å². The zero-order chi connectivity index (χ0) is 12.3. The lowest BCUT2D eigenvalue weighted by atomic mass is 10.2. The summed E-state index contributed by atoms with van der Waals surface area (Å²) in [6.07, 6.45) is 0. The van der Waals surface area contributed by atoms with Crippen LogP contribution in [0.1, 0.15) is 26.3 Å². The molecular formula is C12H17BrN2S. The molecule has 0 aliphatic heterocycles. The zero-order valence-corrected chi connectivity index (χ0v) is 12.2. The van der Waals surface area contributed by atoms with Gasteiger partial charge in [-0.3, -0.25) is 5.41 Å². The summed E-state index contributed by atoms with van der Waals surface area (Å²) in [6.45, 7) is 6.59. The largest absolute Gasteiger partial charge is 0.384 e. The maximum absolute atomic E-state index is 7.60. The number of halogens is 1. The highest BCUT2D eigenvalue weighted by atomic mass is 79.9. The van der Waals surface area contributed by atoms with Crippen LogP contribution in [0.4, 0.5) is 0 Å². The Kier molecular flexibility index (Phi) is 4.87. The van der Waals surface area contributed by atoms with Crippen molar-refractivity contribution in [2.45, 2.75) is 30.9 Å². The van der Waals surface area contributed by atoms with Gasteiger partial charge in [0.2, 0.25) is 0 Å². The molecule has 0 saturated carbocycles. The molecule has 88 valence electrons. The Hall–Kier alpha value is -0.480. The topological polar surface area (TPSA) is 49.9 Å². The van der Waals surface area contributed by atoms with Gasteiger partial charge in [0.05, 0.1) is 0 Å². The molecule has 0 spiro atoms. The van der Waals surface area contributed by atoms with E-state index in [9.17, 15) is 0 Å². The minimum Gasteiger partial charge on any atom is -0.384 e. The SMILES string of the molecule is CC(C)C(C)Sc1cccc(Br)c1C(=N)N. The normalized spacial score (nSPS) is 12.8. The summed E-state index contributed by atoms with van der Waals surface area (Å²) in [7, 11) is 0. The maximum atomic E-state index is 7.60. The Morgan fingerprint density at radius 1 is 1.38 bits per heavy atom.